The molecule has 0 amide bonds. The Hall–Kier alpha value is -2.01. The predicted molar refractivity (Wildman–Crippen MR) is 88.8 cm³/mol. The van der Waals surface area contributed by atoms with Crippen LogP contribution in [0.15, 0.2) is 48.5 Å². The minimum atomic E-state index is -0.228. The summed E-state index contributed by atoms with van der Waals surface area (Å²) in [4.78, 5) is 0. The molecule has 0 aromatic heterocycles. The molecule has 0 radical (unpaired) electrons. The first kappa shape index (κ1) is 16.4. The van der Waals surface area contributed by atoms with Gasteiger partial charge in [0.25, 0.3) is 0 Å². The summed E-state index contributed by atoms with van der Waals surface area (Å²) in [6, 6.07) is 13.0. The molecule has 2 nitrogen and oxygen atoms in total. The van der Waals surface area contributed by atoms with Crippen molar-refractivity contribution in [3.05, 3.63) is 71.3 Å². The normalized spacial score (nSPS) is 10.3. The number of halogens is 2. The van der Waals surface area contributed by atoms with Crippen molar-refractivity contribution in [2.24, 2.45) is 0 Å². The molecule has 0 bridgehead atoms. The van der Waals surface area contributed by atoms with Gasteiger partial charge in [-0.2, -0.15) is 0 Å². The topological polar surface area (TPSA) is 24.1 Å². The van der Waals surface area contributed by atoms with Gasteiger partial charge in [0.15, 0.2) is 5.11 Å². The van der Waals surface area contributed by atoms with E-state index in [4.69, 9.17) is 12.2 Å². The Balaban J connectivity index is 1.64. The SMILES string of the molecule is Fc1cccc(CCNC(=S)NCCc2cccc(F)c2)c1. The first-order valence-corrected chi connectivity index (χ1v) is 7.55. The highest BCUT2D eigenvalue weighted by atomic mass is 32.1. The zero-order valence-electron chi connectivity index (χ0n) is 12.1. The van der Waals surface area contributed by atoms with Crippen LogP contribution in [0.2, 0.25) is 0 Å². The molecule has 0 aliphatic carbocycles. The van der Waals surface area contributed by atoms with Crippen molar-refractivity contribution in [3.8, 4) is 0 Å². The Labute approximate surface area is 134 Å². The Morgan fingerprint density at radius 3 is 1.68 bits per heavy atom. The second kappa shape index (κ2) is 8.44. The number of thiocarbonyl (C=S) groups is 1. The van der Waals surface area contributed by atoms with Gasteiger partial charge < -0.3 is 10.6 Å². The third-order valence-corrected chi connectivity index (χ3v) is 3.47. The van der Waals surface area contributed by atoms with Crippen LogP contribution in [-0.2, 0) is 12.8 Å². The summed E-state index contributed by atoms with van der Waals surface area (Å²) in [5.74, 6) is -0.457. The van der Waals surface area contributed by atoms with E-state index in [9.17, 15) is 8.78 Å². The lowest BCUT2D eigenvalue weighted by Crippen LogP contribution is -2.37. The fourth-order valence-electron chi connectivity index (χ4n) is 2.09. The van der Waals surface area contributed by atoms with Crippen LogP contribution >= 0.6 is 12.2 Å². The average Bonchev–Trinajstić information content (AvgIpc) is 2.47. The molecule has 22 heavy (non-hydrogen) atoms. The zero-order chi connectivity index (χ0) is 15.8. The summed E-state index contributed by atoms with van der Waals surface area (Å²) in [7, 11) is 0. The number of benzene rings is 2. The average molecular weight is 320 g/mol. The second-order valence-corrected chi connectivity index (χ2v) is 5.35. The monoisotopic (exact) mass is 320 g/mol. The van der Waals surface area contributed by atoms with E-state index in [2.05, 4.69) is 10.6 Å². The molecular formula is C17H18F2N2S. The number of hydrogen-bond donors (Lipinski definition) is 2. The zero-order valence-corrected chi connectivity index (χ0v) is 12.9. The summed E-state index contributed by atoms with van der Waals surface area (Å²) in [6.45, 7) is 1.27. The van der Waals surface area contributed by atoms with Crippen LogP contribution in [0.5, 0.6) is 0 Å². The summed E-state index contributed by atoms with van der Waals surface area (Å²) in [6.07, 6.45) is 1.40. The maximum atomic E-state index is 13.0. The predicted octanol–water partition coefficient (Wildman–Crippen LogP) is 3.21. The van der Waals surface area contributed by atoms with Crippen molar-refractivity contribution in [1.82, 2.24) is 10.6 Å². The fraction of sp³-hybridized carbons (Fsp3) is 0.235. The Morgan fingerprint density at radius 2 is 1.27 bits per heavy atom. The van der Waals surface area contributed by atoms with E-state index in [0.717, 1.165) is 11.1 Å². The van der Waals surface area contributed by atoms with Crippen LogP contribution in [0, 0.1) is 11.6 Å². The van der Waals surface area contributed by atoms with Crippen molar-refractivity contribution >= 4 is 17.3 Å². The maximum Gasteiger partial charge on any atom is 0.166 e. The standard InChI is InChI=1S/C17H18F2N2S/c18-15-5-1-3-13(11-15)7-9-20-17(22)21-10-8-14-4-2-6-16(19)12-14/h1-6,11-12H,7-10H2,(H2,20,21,22). The Bertz CT molecular complexity index is 578. The molecule has 0 heterocycles. The van der Waals surface area contributed by atoms with Crippen LogP contribution in [0.4, 0.5) is 8.78 Å². The fourth-order valence-corrected chi connectivity index (χ4v) is 2.29. The Kier molecular flexibility index (Phi) is 6.27. The van der Waals surface area contributed by atoms with Crippen molar-refractivity contribution in [3.63, 3.8) is 0 Å². The molecule has 0 unspecified atom stereocenters. The maximum absolute atomic E-state index is 13.0. The van der Waals surface area contributed by atoms with Crippen LogP contribution < -0.4 is 10.6 Å². The van der Waals surface area contributed by atoms with Gasteiger partial charge in [-0.3, -0.25) is 0 Å². The summed E-state index contributed by atoms with van der Waals surface area (Å²) < 4.78 is 26.0. The molecule has 0 saturated carbocycles. The van der Waals surface area contributed by atoms with Gasteiger partial charge in [-0.05, 0) is 60.5 Å². The summed E-state index contributed by atoms with van der Waals surface area (Å²) in [5.41, 5.74) is 1.85. The minimum absolute atomic E-state index is 0.228. The summed E-state index contributed by atoms with van der Waals surface area (Å²) >= 11 is 5.17. The van der Waals surface area contributed by atoms with Crippen LogP contribution in [0.3, 0.4) is 0 Å². The largest absolute Gasteiger partial charge is 0.362 e. The molecule has 0 aliphatic heterocycles. The minimum Gasteiger partial charge on any atom is -0.362 e. The van der Waals surface area contributed by atoms with Gasteiger partial charge in [-0.25, -0.2) is 8.78 Å². The number of nitrogens with one attached hydrogen (secondary N) is 2. The molecule has 0 fully saturated rings. The third kappa shape index (κ3) is 5.77. The van der Waals surface area contributed by atoms with Gasteiger partial charge in [0, 0.05) is 13.1 Å². The van der Waals surface area contributed by atoms with Gasteiger partial charge in [-0.1, -0.05) is 24.3 Å². The van der Waals surface area contributed by atoms with Crippen molar-refractivity contribution in [2.75, 3.05) is 13.1 Å². The highest BCUT2D eigenvalue weighted by Gasteiger charge is 1.99. The first-order valence-electron chi connectivity index (χ1n) is 7.14. The Morgan fingerprint density at radius 1 is 0.818 bits per heavy atom. The molecule has 2 aromatic carbocycles. The molecule has 2 rings (SSSR count). The first-order chi connectivity index (χ1) is 10.6. The van der Waals surface area contributed by atoms with Gasteiger partial charge in [-0.15, -0.1) is 0 Å². The quantitative estimate of drug-likeness (QED) is 0.799. The second-order valence-electron chi connectivity index (χ2n) is 4.94. The van der Waals surface area contributed by atoms with Gasteiger partial charge >= 0.3 is 0 Å². The molecule has 116 valence electrons. The number of rotatable bonds is 6. The van der Waals surface area contributed by atoms with E-state index >= 15 is 0 Å². The van der Waals surface area contributed by atoms with E-state index < -0.39 is 0 Å². The van der Waals surface area contributed by atoms with Crippen LogP contribution in [0.25, 0.3) is 0 Å². The third-order valence-electron chi connectivity index (χ3n) is 3.18. The molecule has 2 aromatic rings. The van der Waals surface area contributed by atoms with Crippen LogP contribution in [0.1, 0.15) is 11.1 Å². The molecule has 0 spiro atoms. The van der Waals surface area contributed by atoms with E-state index in [1.54, 1.807) is 12.1 Å². The molecule has 0 saturated heterocycles. The molecule has 2 N–H and O–H groups in total. The summed E-state index contributed by atoms with van der Waals surface area (Å²) in [5, 5.41) is 6.69. The van der Waals surface area contributed by atoms with Crippen molar-refractivity contribution in [2.45, 2.75) is 12.8 Å². The highest BCUT2D eigenvalue weighted by Crippen LogP contribution is 2.04. The van der Waals surface area contributed by atoms with Gasteiger partial charge in [0.2, 0.25) is 0 Å². The van der Waals surface area contributed by atoms with Crippen LogP contribution in [-0.4, -0.2) is 18.2 Å². The number of hydrogen-bond acceptors (Lipinski definition) is 1. The lowest BCUT2D eigenvalue weighted by Gasteiger charge is -2.10. The smallest absolute Gasteiger partial charge is 0.166 e. The lowest BCUT2D eigenvalue weighted by atomic mass is 10.1. The van der Waals surface area contributed by atoms with E-state index in [0.29, 0.717) is 31.0 Å². The van der Waals surface area contributed by atoms with E-state index in [1.807, 2.05) is 12.1 Å². The molecule has 5 heteroatoms. The van der Waals surface area contributed by atoms with Gasteiger partial charge in [0.05, 0.1) is 0 Å². The van der Waals surface area contributed by atoms with E-state index in [-0.39, 0.29) is 11.6 Å². The molecular weight excluding hydrogens is 302 g/mol. The van der Waals surface area contributed by atoms with Crippen molar-refractivity contribution < 1.29 is 8.78 Å². The lowest BCUT2D eigenvalue weighted by molar-refractivity contribution is 0.625. The molecule has 0 atom stereocenters. The highest BCUT2D eigenvalue weighted by molar-refractivity contribution is 7.80. The van der Waals surface area contributed by atoms with Crippen molar-refractivity contribution in [1.29, 1.82) is 0 Å². The van der Waals surface area contributed by atoms with E-state index in [1.165, 1.54) is 24.3 Å². The molecule has 0 aliphatic rings. The van der Waals surface area contributed by atoms with Gasteiger partial charge in [0.1, 0.15) is 11.6 Å².